The maximum atomic E-state index is 13.4. The fraction of sp³-hybridized carbons (Fsp3) is 0.158. The Morgan fingerprint density at radius 1 is 1.12 bits per heavy atom. The van der Waals surface area contributed by atoms with Crippen LogP contribution in [0, 0.1) is 11.6 Å². The third kappa shape index (κ3) is 2.85. The maximum Gasteiger partial charge on any atom is 0.242 e. The van der Waals surface area contributed by atoms with Gasteiger partial charge in [-0.3, -0.25) is 9.78 Å². The molecule has 3 aromatic rings. The van der Waals surface area contributed by atoms with Crippen LogP contribution in [0.1, 0.15) is 11.5 Å². The van der Waals surface area contributed by atoms with Crippen molar-refractivity contribution in [2.45, 2.75) is 12.0 Å². The van der Waals surface area contributed by atoms with E-state index in [1.165, 1.54) is 6.07 Å². The lowest BCUT2D eigenvalue weighted by Crippen LogP contribution is -2.57. The van der Waals surface area contributed by atoms with Crippen LogP contribution in [0.15, 0.2) is 54.7 Å². The summed E-state index contributed by atoms with van der Waals surface area (Å²) in [6.45, 7) is 0.539. The van der Waals surface area contributed by atoms with Crippen LogP contribution in [-0.2, 0) is 4.79 Å². The molecule has 0 aliphatic carbocycles. The SMILES string of the molecule is O=C(Nc1cccc2cccnc12)[C@H]1NC[C@H]1c1ccc(F)c(F)c1. The van der Waals surface area contributed by atoms with Crippen LogP contribution in [-0.4, -0.2) is 23.5 Å². The van der Waals surface area contributed by atoms with Crippen molar-refractivity contribution < 1.29 is 13.6 Å². The summed E-state index contributed by atoms with van der Waals surface area (Å²) in [4.78, 5) is 16.9. The highest BCUT2D eigenvalue weighted by Gasteiger charge is 2.37. The first-order valence-electron chi connectivity index (χ1n) is 7.96. The van der Waals surface area contributed by atoms with Crippen molar-refractivity contribution >= 4 is 22.5 Å². The number of carbonyl (C=O) groups is 1. The fourth-order valence-electron chi connectivity index (χ4n) is 3.10. The van der Waals surface area contributed by atoms with E-state index in [-0.39, 0.29) is 11.8 Å². The lowest BCUT2D eigenvalue weighted by molar-refractivity contribution is -0.120. The van der Waals surface area contributed by atoms with E-state index in [0.29, 0.717) is 23.3 Å². The third-order valence-corrected chi connectivity index (χ3v) is 4.50. The molecule has 6 heteroatoms. The number of hydrogen-bond acceptors (Lipinski definition) is 3. The molecular formula is C19H15F2N3O. The highest BCUT2D eigenvalue weighted by atomic mass is 19.2. The number of para-hydroxylation sites is 1. The van der Waals surface area contributed by atoms with Crippen molar-refractivity contribution in [3.05, 3.63) is 71.9 Å². The summed E-state index contributed by atoms with van der Waals surface area (Å²) in [5.74, 6) is -2.21. The number of rotatable bonds is 3. The van der Waals surface area contributed by atoms with Gasteiger partial charge in [-0.1, -0.05) is 24.3 Å². The number of pyridine rings is 1. The Labute approximate surface area is 142 Å². The van der Waals surface area contributed by atoms with Crippen molar-refractivity contribution in [2.24, 2.45) is 0 Å². The standard InChI is InChI=1S/C19H15F2N3O/c20-14-7-6-12(9-15(14)21)13-10-23-18(13)19(25)24-16-5-1-3-11-4-2-8-22-17(11)16/h1-9,13,18,23H,10H2,(H,24,25)/t13-,18-/m0/s1. The van der Waals surface area contributed by atoms with Crippen molar-refractivity contribution in [1.29, 1.82) is 0 Å². The van der Waals surface area contributed by atoms with E-state index in [4.69, 9.17) is 0 Å². The Morgan fingerprint density at radius 2 is 1.96 bits per heavy atom. The average Bonchev–Trinajstić information content (AvgIpc) is 2.57. The molecular weight excluding hydrogens is 324 g/mol. The van der Waals surface area contributed by atoms with Crippen LogP contribution in [0.2, 0.25) is 0 Å². The molecule has 2 heterocycles. The Bertz CT molecular complexity index is 955. The van der Waals surface area contributed by atoms with E-state index < -0.39 is 17.7 Å². The van der Waals surface area contributed by atoms with Gasteiger partial charge >= 0.3 is 0 Å². The molecule has 1 amide bonds. The number of benzene rings is 2. The van der Waals surface area contributed by atoms with Crippen molar-refractivity contribution in [3.63, 3.8) is 0 Å². The molecule has 0 radical (unpaired) electrons. The molecule has 2 N–H and O–H groups in total. The predicted molar refractivity (Wildman–Crippen MR) is 91.3 cm³/mol. The summed E-state index contributed by atoms with van der Waals surface area (Å²) >= 11 is 0. The molecule has 1 aromatic heterocycles. The number of fused-ring (bicyclic) bond motifs is 1. The van der Waals surface area contributed by atoms with Gasteiger partial charge in [0.25, 0.3) is 0 Å². The second-order valence-electron chi connectivity index (χ2n) is 6.04. The minimum Gasteiger partial charge on any atom is -0.323 e. The maximum absolute atomic E-state index is 13.4. The van der Waals surface area contributed by atoms with E-state index in [2.05, 4.69) is 15.6 Å². The van der Waals surface area contributed by atoms with Gasteiger partial charge in [0.05, 0.1) is 17.2 Å². The smallest absolute Gasteiger partial charge is 0.242 e. The van der Waals surface area contributed by atoms with Gasteiger partial charge < -0.3 is 10.6 Å². The molecule has 0 unspecified atom stereocenters. The molecule has 1 aliphatic rings. The van der Waals surface area contributed by atoms with Crippen molar-refractivity contribution in [2.75, 3.05) is 11.9 Å². The monoisotopic (exact) mass is 339 g/mol. The Balaban J connectivity index is 1.55. The Kier molecular flexibility index (Phi) is 3.89. The number of aromatic nitrogens is 1. The number of halogens is 2. The summed E-state index contributed by atoms with van der Waals surface area (Å²) in [6, 6.07) is 12.6. The van der Waals surface area contributed by atoms with Gasteiger partial charge in [0.2, 0.25) is 5.91 Å². The zero-order chi connectivity index (χ0) is 17.4. The summed E-state index contributed by atoms with van der Waals surface area (Å²) in [7, 11) is 0. The summed E-state index contributed by atoms with van der Waals surface area (Å²) in [6.07, 6.45) is 1.67. The van der Waals surface area contributed by atoms with Gasteiger partial charge in [-0.2, -0.15) is 0 Å². The lowest BCUT2D eigenvalue weighted by Gasteiger charge is -2.37. The van der Waals surface area contributed by atoms with Crippen LogP contribution >= 0.6 is 0 Å². The van der Waals surface area contributed by atoms with Gasteiger partial charge in [0.15, 0.2) is 11.6 Å². The second-order valence-corrected chi connectivity index (χ2v) is 6.04. The van der Waals surface area contributed by atoms with Gasteiger partial charge in [-0.15, -0.1) is 0 Å². The highest BCUT2D eigenvalue weighted by molar-refractivity contribution is 6.03. The van der Waals surface area contributed by atoms with E-state index in [9.17, 15) is 13.6 Å². The van der Waals surface area contributed by atoms with Gasteiger partial charge in [0.1, 0.15) is 0 Å². The molecule has 1 fully saturated rings. The van der Waals surface area contributed by atoms with Crippen molar-refractivity contribution in [1.82, 2.24) is 10.3 Å². The summed E-state index contributed by atoms with van der Waals surface area (Å²) in [5, 5.41) is 6.86. The van der Waals surface area contributed by atoms with Crippen LogP contribution in [0.3, 0.4) is 0 Å². The number of amides is 1. The zero-order valence-corrected chi connectivity index (χ0v) is 13.2. The first-order valence-corrected chi connectivity index (χ1v) is 7.96. The van der Waals surface area contributed by atoms with E-state index in [0.717, 1.165) is 17.5 Å². The lowest BCUT2D eigenvalue weighted by atomic mass is 9.84. The minimum atomic E-state index is -0.901. The number of nitrogens with one attached hydrogen (secondary N) is 2. The molecule has 4 rings (SSSR count). The first-order chi connectivity index (χ1) is 12.1. The Morgan fingerprint density at radius 3 is 2.72 bits per heavy atom. The molecule has 1 saturated heterocycles. The topological polar surface area (TPSA) is 54.0 Å². The third-order valence-electron chi connectivity index (χ3n) is 4.50. The zero-order valence-electron chi connectivity index (χ0n) is 13.2. The van der Waals surface area contributed by atoms with E-state index in [1.807, 2.05) is 24.3 Å². The number of anilines is 1. The number of carbonyl (C=O) groups excluding carboxylic acids is 1. The number of nitrogens with zero attached hydrogens (tertiary/aromatic N) is 1. The first kappa shape index (κ1) is 15.7. The largest absolute Gasteiger partial charge is 0.323 e. The number of hydrogen-bond donors (Lipinski definition) is 2. The molecule has 2 aromatic carbocycles. The van der Waals surface area contributed by atoms with Crippen LogP contribution < -0.4 is 10.6 Å². The molecule has 25 heavy (non-hydrogen) atoms. The van der Waals surface area contributed by atoms with Gasteiger partial charge in [0, 0.05) is 24.0 Å². The summed E-state index contributed by atoms with van der Waals surface area (Å²) in [5.41, 5.74) is 1.94. The normalized spacial score (nSPS) is 19.4. The minimum absolute atomic E-state index is 0.196. The molecule has 0 bridgehead atoms. The second kappa shape index (κ2) is 6.22. The molecule has 4 nitrogen and oxygen atoms in total. The highest BCUT2D eigenvalue weighted by Crippen LogP contribution is 2.29. The van der Waals surface area contributed by atoms with Crippen LogP contribution in [0.4, 0.5) is 14.5 Å². The average molecular weight is 339 g/mol. The molecule has 126 valence electrons. The molecule has 1 aliphatic heterocycles. The fourth-order valence-corrected chi connectivity index (χ4v) is 3.10. The Hall–Kier alpha value is -2.86. The van der Waals surface area contributed by atoms with E-state index in [1.54, 1.807) is 12.3 Å². The predicted octanol–water partition coefficient (Wildman–Crippen LogP) is 3.21. The van der Waals surface area contributed by atoms with E-state index >= 15 is 0 Å². The van der Waals surface area contributed by atoms with Crippen LogP contribution in [0.25, 0.3) is 10.9 Å². The quantitative estimate of drug-likeness (QED) is 0.770. The molecule has 2 atom stereocenters. The van der Waals surface area contributed by atoms with Gasteiger partial charge in [-0.05, 0) is 29.8 Å². The molecule has 0 saturated carbocycles. The van der Waals surface area contributed by atoms with Gasteiger partial charge in [-0.25, -0.2) is 8.78 Å². The van der Waals surface area contributed by atoms with Crippen LogP contribution in [0.5, 0.6) is 0 Å². The van der Waals surface area contributed by atoms with Crippen molar-refractivity contribution in [3.8, 4) is 0 Å². The summed E-state index contributed by atoms with van der Waals surface area (Å²) < 4.78 is 26.5. The molecule has 0 spiro atoms.